The molecule has 4 N–H and O–H groups in total. The Morgan fingerprint density at radius 2 is 2.37 bits per heavy atom. The van der Waals surface area contributed by atoms with E-state index in [0.29, 0.717) is 10.9 Å². The van der Waals surface area contributed by atoms with E-state index in [-0.39, 0.29) is 11.1 Å². The van der Waals surface area contributed by atoms with Gasteiger partial charge < -0.3 is 10.8 Å². The molecule has 8 heteroatoms. The van der Waals surface area contributed by atoms with E-state index in [0.717, 1.165) is 12.3 Å². The monoisotopic (exact) mass is 280 g/mol. The molecular formula is C11H9FN4O2S. The van der Waals surface area contributed by atoms with Crippen LogP contribution in [0.25, 0.3) is 0 Å². The first-order valence-electron chi connectivity index (χ1n) is 5.10. The van der Waals surface area contributed by atoms with Crippen molar-refractivity contribution < 1.29 is 14.3 Å². The first-order valence-corrected chi connectivity index (χ1v) is 5.98. The predicted molar refractivity (Wildman–Crippen MR) is 71.1 cm³/mol. The molecule has 0 radical (unpaired) electrons. The van der Waals surface area contributed by atoms with E-state index < -0.39 is 11.8 Å². The Bertz CT molecular complexity index is 641. The molecule has 0 fully saturated rings. The van der Waals surface area contributed by atoms with Gasteiger partial charge in [0.25, 0.3) is 0 Å². The molecule has 1 heterocycles. The van der Waals surface area contributed by atoms with Crippen molar-refractivity contribution in [3.63, 3.8) is 0 Å². The fourth-order valence-electron chi connectivity index (χ4n) is 1.34. The molecule has 0 saturated heterocycles. The number of carboxylic acids is 1. The van der Waals surface area contributed by atoms with Crippen LogP contribution < -0.4 is 11.2 Å². The number of benzene rings is 1. The highest BCUT2D eigenvalue weighted by Gasteiger charge is 2.12. The number of rotatable bonds is 4. The number of anilines is 2. The van der Waals surface area contributed by atoms with E-state index in [1.54, 1.807) is 5.38 Å². The SMILES string of the molecule is Nc1csc(NN=Cc2c(F)cccc2C(=O)O)n1. The van der Waals surface area contributed by atoms with Crippen molar-refractivity contribution in [2.24, 2.45) is 5.10 Å². The fourth-order valence-corrected chi connectivity index (χ4v) is 1.89. The van der Waals surface area contributed by atoms with Crippen molar-refractivity contribution >= 4 is 34.5 Å². The average Bonchev–Trinajstić information content (AvgIpc) is 2.77. The maximum atomic E-state index is 13.5. The molecular weight excluding hydrogens is 271 g/mol. The third-order valence-electron chi connectivity index (χ3n) is 2.16. The van der Waals surface area contributed by atoms with Gasteiger partial charge in [-0.1, -0.05) is 6.07 Å². The molecule has 0 saturated carbocycles. The largest absolute Gasteiger partial charge is 0.478 e. The van der Waals surface area contributed by atoms with Crippen molar-refractivity contribution in [3.8, 4) is 0 Å². The van der Waals surface area contributed by atoms with Crippen LogP contribution in [0.2, 0.25) is 0 Å². The molecule has 0 aliphatic carbocycles. The predicted octanol–water partition coefficient (Wildman–Crippen LogP) is 2.01. The fraction of sp³-hybridized carbons (Fsp3) is 0. The van der Waals surface area contributed by atoms with Gasteiger partial charge in [-0.15, -0.1) is 11.3 Å². The van der Waals surface area contributed by atoms with Gasteiger partial charge in [0.05, 0.1) is 11.8 Å². The minimum atomic E-state index is -1.22. The Labute approximate surface area is 111 Å². The summed E-state index contributed by atoms with van der Waals surface area (Å²) in [6.45, 7) is 0. The van der Waals surface area contributed by atoms with Crippen molar-refractivity contribution in [2.45, 2.75) is 0 Å². The molecule has 0 aliphatic heterocycles. The number of nitrogen functional groups attached to an aromatic ring is 1. The van der Waals surface area contributed by atoms with Gasteiger partial charge >= 0.3 is 5.97 Å². The Morgan fingerprint density at radius 3 is 3.00 bits per heavy atom. The number of carboxylic acid groups (broad SMARTS) is 1. The maximum Gasteiger partial charge on any atom is 0.336 e. The summed E-state index contributed by atoms with van der Waals surface area (Å²) in [5, 5.41) is 14.7. The van der Waals surface area contributed by atoms with Gasteiger partial charge in [0, 0.05) is 10.9 Å². The second-order valence-corrected chi connectivity index (χ2v) is 4.31. The number of thiazole rings is 1. The standard InChI is InChI=1S/C11H9FN4O2S/c12-8-3-1-2-6(10(17)18)7(8)4-14-16-11-15-9(13)5-19-11/h1-5H,13H2,(H,15,16)(H,17,18). The summed E-state index contributed by atoms with van der Waals surface area (Å²) in [4.78, 5) is 14.8. The van der Waals surface area contributed by atoms with Crippen LogP contribution in [-0.2, 0) is 0 Å². The zero-order valence-electron chi connectivity index (χ0n) is 9.50. The molecule has 98 valence electrons. The zero-order valence-corrected chi connectivity index (χ0v) is 10.3. The van der Waals surface area contributed by atoms with Crippen LogP contribution in [0, 0.1) is 5.82 Å². The van der Waals surface area contributed by atoms with Crippen LogP contribution in [0.1, 0.15) is 15.9 Å². The second kappa shape index (κ2) is 5.44. The number of hydrogen-bond donors (Lipinski definition) is 3. The third-order valence-corrected chi connectivity index (χ3v) is 2.92. The molecule has 1 aromatic heterocycles. The van der Waals surface area contributed by atoms with Crippen molar-refractivity contribution in [1.82, 2.24) is 4.98 Å². The summed E-state index contributed by atoms with van der Waals surface area (Å²) < 4.78 is 13.5. The molecule has 0 spiro atoms. The molecule has 0 aliphatic rings. The molecule has 6 nitrogen and oxygen atoms in total. The number of nitrogens with two attached hydrogens (primary N) is 1. The summed E-state index contributed by atoms with van der Waals surface area (Å²) in [5.41, 5.74) is 7.70. The molecule has 2 rings (SSSR count). The van der Waals surface area contributed by atoms with Gasteiger partial charge in [-0.2, -0.15) is 5.10 Å². The van der Waals surface area contributed by atoms with Gasteiger partial charge in [-0.05, 0) is 12.1 Å². The Kier molecular flexibility index (Phi) is 3.71. The number of aromatic carboxylic acids is 1. The summed E-state index contributed by atoms with van der Waals surface area (Å²) in [6, 6.07) is 3.79. The molecule has 1 aromatic carbocycles. The van der Waals surface area contributed by atoms with Crippen LogP contribution in [0.5, 0.6) is 0 Å². The number of hydrazone groups is 1. The molecule has 0 atom stereocenters. The van der Waals surface area contributed by atoms with E-state index >= 15 is 0 Å². The second-order valence-electron chi connectivity index (χ2n) is 3.45. The molecule has 0 bridgehead atoms. The van der Waals surface area contributed by atoms with Crippen LogP contribution in [0.15, 0.2) is 28.7 Å². The first-order chi connectivity index (χ1) is 9.08. The van der Waals surface area contributed by atoms with Crippen LogP contribution in [-0.4, -0.2) is 22.3 Å². The lowest BCUT2D eigenvalue weighted by atomic mass is 10.1. The number of aromatic nitrogens is 1. The molecule has 0 unspecified atom stereocenters. The lowest BCUT2D eigenvalue weighted by Crippen LogP contribution is -2.05. The highest BCUT2D eigenvalue weighted by Crippen LogP contribution is 2.16. The molecule has 19 heavy (non-hydrogen) atoms. The van der Waals surface area contributed by atoms with E-state index in [1.807, 2.05) is 0 Å². The Balaban J connectivity index is 2.21. The van der Waals surface area contributed by atoms with Crippen LogP contribution >= 0.6 is 11.3 Å². The summed E-state index contributed by atoms with van der Waals surface area (Å²) in [7, 11) is 0. The number of carbonyl (C=O) groups is 1. The van der Waals surface area contributed by atoms with Crippen molar-refractivity contribution in [3.05, 3.63) is 40.5 Å². The lowest BCUT2D eigenvalue weighted by molar-refractivity contribution is 0.0696. The highest BCUT2D eigenvalue weighted by molar-refractivity contribution is 7.14. The first kappa shape index (κ1) is 13.0. The van der Waals surface area contributed by atoms with E-state index in [4.69, 9.17) is 10.8 Å². The number of nitrogens with zero attached hydrogens (tertiary/aromatic N) is 2. The highest BCUT2D eigenvalue weighted by atomic mass is 32.1. The van der Waals surface area contributed by atoms with Gasteiger partial charge in [-0.3, -0.25) is 5.43 Å². The average molecular weight is 280 g/mol. The quantitative estimate of drug-likeness (QED) is 0.587. The topological polar surface area (TPSA) is 101 Å². The van der Waals surface area contributed by atoms with E-state index in [9.17, 15) is 9.18 Å². The smallest absolute Gasteiger partial charge is 0.336 e. The molecule has 0 amide bonds. The minimum Gasteiger partial charge on any atom is -0.478 e. The zero-order chi connectivity index (χ0) is 13.8. The Hall–Kier alpha value is -2.48. The third kappa shape index (κ3) is 3.05. The van der Waals surface area contributed by atoms with Crippen molar-refractivity contribution in [2.75, 3.05) is 11.2 Å². The summed E-state index contributed by atoms with van der Waals surface area (Å²) in [6.07, 6.45) is 1.09. The molecule has 2 aromatic rings. The van der Waals surface area contributed by atoms with E-state index in [1.165, 1.54) is 23.5 Å². The van der Waals surface area contributed by atoms with Crippen molar-refractivity contribution in [1.29, 1.82) is 0 Å². The normalized spacial score (nSPS) is 10.8. The number of nitrogens with one attached hydrogen (secondary N) is 1. The number of hydrogen-bond acceptors (Lipinski definition) is 6. The van der Waals surface area contributed by atoms with Crippen LogP contribution in [0.3, 0.4) is 0 Å². The maximum absolute atomic E-state index is 13.5. The van der Waals surface area contributed by atoms with Gasteiger partial charge in [0.2, 0.25) is 5.13 Å². The van der Waals surface area contributed by atoms with Gasteiger partial charge in [-0.25, -0.2) is 14.2 Å². The van der Waals surface area contributed by atoms with Gasteiger partial charge in [0.15, 0.2) is 0 Å². The Morgan fingerprint density at radius 1 is 1.58 bits per heavy atom. The summed E-state index contributed by atoms with van der Waals surface area (Å²) in [5.74, 6) is -1.54. The van der Waals surface area contributed by atoms with E-state index in [2.05, 4.69) is 15.5 Å². The van der Waals surface area contributed by atoms with Crippen LogP contribution in [0.4, 0.5) is 15.3 Å². The lowest BCUT2D eigenvalue weighted by Gasteiger charge is -2.01. The number of halogens is 1. The summed E-state index contributed by atoms with van der Waals surface area (Å²) >= 11 is 1.23. The van der Waals surface area contributed by atoms with Gasteiger partial charge in [0.1, 0.15) is 11.6 Å². The minimum absolute atomic E-state index is 0.105.